The van der Waals surface area contributed by atoms with Crippen molar-refractivity contribution in [3.05, 3.63) is 71.3 Å². The van der Waals surface area contributed by atoms with Crippen LogP contribution in [-0.2, 0) is 21.9 Å². The van der Waals surface area contributed by atoms with Crippen molar-refractivity contribution in [3.63, 3.8) is 0 Å². The maximum absolute atomic E-state index is 12.1. The van der Waals surface area contributed by atoms with Crippen LogP contribution in [0.4, 0.5) is 0 Å². The molecular formula is C25H36O3S. The molecule has 1 N–H and O–H groups in total. The highest BCUT2D eigenvalue weighted by molar-refractivity contribution is 7.92. The van der Waals surface area contributed by atoms with Gasteiger partial charge in [-0.2, -0.15) is 0 Å². The maximum atomic E-state index is 12.1. The minimum absolute atomic E-state index is 0.291. The number of rotatable bonds is 10. The Morgan fingerprint density at radius 1 is 0.724 bits per heavy atom. The summed E-state index contributed by atoms with van der Waals surface area (Å²) in [5, 5.41) is 10.9. The third-order valence-electron chi connectivity index (χ3n) is 5.66. The number of benzene rings is 2. The first-order valence-electron chi connectivity index (χ1n) is 10.6. The lowest BCUT2D eigenvalue weighted by molar-refractivity contribution is 0.102. The van der Waals surface area contributed by atoms with Crippen LogP contribution in [0.5, 0.6) is 0 Å². The molecule has 29 heavy (non-hydrogen) atoms. The average Bonchev–Trinajstić information content (AvgIpc) is 2.67. The summed E-state index contributed by atoms with van der Waals surface area (Å²) in [6.07, 6.45) is 6.01. The third kappa shape index (κ3) is 6.68. The zero-order chi connectivity index (χ0) is 21.5. The third-order valence-corrected chi connectivity index (χ3v) is 8.36. The van der Waals surface area contributed by atoms with Gasteiger partial charge >= 0.3 is 0 Å². The number of aliphatic hydroxyl groups is 1. The number of unbranched alkanes of at least 4 members (excludes halogenated alkanes) is 4. The van der Waals surface area contributed by atoms with Gasteiger partial charge in [0.1, 0.15) is 5.60 Å². The van der Waals surface area contributed by atoms with E-state index in [1.807, 2.05) is 49.4 Å². The van der Waals surface area contributed by atoms with E-state index in [0.717, 1.165) is 49.7 Å². The van der Waals surface area contributed by atoms with E-state index in [1.54, 1.807) is 20.8 Å². The molecule has 0 heterocycles. The van der Waals surface area contributed by atoms with Gasteiger partial charge in [-0.25, -0.2) is 8.42 Å². The Morgan fingerprint density at radius 2 is 1.24 bits per heavy atom. The molecule has 0 saturated carbocycles. The molecule has 0 aliphatic rings. The second kappa shape index (κ2) is 9.90. The van der Waals surface area contributed by atoms with Gasteiger partial charge in [-0.05, 0) is 63.6 Å². The van der Waals surface area contributed by atoms with E-state index in [1.165, 1.54) is 5.56 Å². The topological polar surface area (TPSA) is 54.4 Å². The first-order chi connectivity index (χ1) is 13.5. The Morgan fingerprint density at radius 3 is 1.83 bits per heavy atom. The van der Waals surface area contributed by atoms with Crippen molar-refractivity contribution in [2.45, 2.75) is 76.6 Å². The fraction of sp³-hybridized carbons (Fsp3) is 0.520. The molecule has 0 aliphatic carbocycles. The molecule has 0 saturated heterocycles. The van der Waals surface area contributed by atoms with E-state index in [-0.39, 0.29) is 0 Å². The van der Waals surface area contributed by atoms with Gasteiger partial charge in [-0.15, -0.1) is 0 Å². The minimum Gasteiger partial charge on any atom is -0.381 e. The summed E-state index contributed by atoms with van der Waals surface area (Å²) in [6, 6.07) is 17.9. The summed E-state index contributed by atoms with van der Waals surface area (Å²) in [5.74, 6) is 0.291. The molecular weight excluding hydrogens is 380 g/mol. The largest absolute Gasteiger partial charge is 0.381 e. The first kappa shape index (κ1) is 23.6. The molecule has 0 bridgehead atoms. The molecule has 1 atom stereocenters. The highest BCUT2D eigenvalue weighted by Gasteiger charge is 2.28. The summed E-state index contributed by atoms with van der Waals surface area (Å²) in [4.78, 5) is 0. The van der Waals surface area contributed by atoms with Crippen LogP contribution < -0.4 is 0 Å². The molecule has 160 valence electrons. The predicted molar refractivity (Wildman–Crippen MR) is 122 cm³/mol. The zero-order valence-corrected chi connectivity index (χ0v) is 19.1. The van der Waals surface area contributed by atoms with Gasteiger partial charge in [0.15, 0.2) is 9.84 Å². The lowest BCUT2D eigenvalue weighted by atomic mass is 9.87. The van der Waals surface area contributed by atoms with E-state index in [9.17, 15) is 13.5 Å². The molecule has 4 heteroatoms. The minimum atomic E-state index is -2.99. The van der Waals surface area contributed by atoms with Crippen molar-refractivity contribution in [2.24, 2.45) is 0 Å². The highest BCUT2D eigenvalue weighted by Crippen LogP contribution is 2.29. The van der Waals surface area contributed by atoms with Crippen LogP contribution in [0.15, 0.2) is 54.6 Å². The van der Waals surface area contributed by atoms with Crippen LogP contribution in [0, 0.1) is 0 Å². The van der Waals surface area contributed by atoms with Crippen LogP contribution in [-0.4, -0.2) is 24.0 Å². The second-order valence-corrected chi connectivity index (χ2v) is 11.9. The quantitative estimate of drug-likeness (QED) is 0.509. The molecule has 2 aromatic carbocycles. The Hall–Kier alpha value is -1.65. The average molecular weight is 417 g/mol. The Labute approximate surface area is 177 Å². The van der Waals surface area contributed by atoms with Crippen molar-refractivity contribution in [3.8, 4) is 0 Å². The molecule has 3 nitrogen and oxygen atoms in total. The van der Waals surface area contributed by atoms with Crippen LogP contribution in [0.1, 0.15) is 76.5 Å². The number of sulfone groups is 1. The van der Waals surface area contributed by atoms with Gasteiger partial charge in [0.05, 0.1) is 10.5 Å². The van der Waals surface area contributed by atoms with E-state index < -0.39 is 20.2 Å². The smallest absolute Gasteiger partial charge is 0.155 e. The Balaban J connectivity index is 1.73. The van der Waals surface area contributed by atoms with E-state index in [4.69, 9.17) is 0 Å². The monoisotopic (exact) mass is 416 g/mol. The predicted octanol–water partition coefficient (Wildman–Crippen LogP) is 5.65. The fourth-order valence-electron chi connectivity index (χ4n) is 3.38. The van der Waals surface area contributed by atoms with Crippen molar-refractivity contribution in [1.29, 1.82) is 0 Å². The maximum Gasteiger partial charge on any atom is 0.155 e. The Bertz CT molecular complexity index is 845. The van der Waals surface area contributed by atoms with Gasteiger partial charge in [0.2, 0.25) is 0 Å². The fourth-order valence-corrected chi connectivity index (χ4v) is 4.58. The molecule has 0 spiro atoms. The van der Waals surface area contributed by atoms with Crippen LogP contribution >= 0.6 is 0 Å². The SMILES string of the molecule is CC(O)(c1ccccc1)c1ccc(CCCCCCCS(=O)(=O)C(C)(C)C)cc1. The van der Waals surface area contributed by atoms with Crippen LogP contribution in [0.2, 0.25) is 0 Å². The normalized spacial score (nSPS) is 14.5. The summed E-state index contributed by atoms with van der Waals surface area (Å²) >= 11 is 0. The number of aryl methyl sites for hydroxylation is 1. The van der Waals surface area contributed by atoms with Gasteiger partial charge in [0, 0.05) is 0 Å². The lowest BCUT2D eigenvalue weighted by Gasteiger charge is -2.24. The molecule has 2 rings (SSSR count). The molecule has 0 radical (unpaired) electrons. The summed E-state index contributed by atoms with van der Waals surface area (Å²) in [5.41, 5.74) is 2.06. The lowest BCUT2D eigenvalue weighted by Crippen LogP contribution is -2.30. The first-order valence-corrected chi connectivity index (χ1v) is 12.3. The van der Waals surface area contributed by atoms with E-state index >= 15 is 0 Å². The second-order valence-electron chi connectivity index (χ2n) is 9.08. The van der Waals surface area contributed by atoms with Gasteiger partial charge in [0.25, 0.3) is 0 Å². The zero-order valence-electron chi connectivity index (χ0n) is 18.3. The number of hydrogen-bond donors (Lipinski definition) is 1. The summed E-state index contributed by atoms with van der Waals surface area (Å²) < 4.78 is 23.5. The van der Waals surface area contributed by atoms with Crippen LogP contribution in [0.25, 0.3) is 0 Å². The van der Waals surface area contributed by atoms with Gasteiger partial charge in [-0.1, -0.05) is 73.9 Å². The molecule has 1 unspecified atom stereocenters. The highest BCUT2D eigenvalue weighted by atomic mass is 32.2. The molecule has 0 fully saturated rings. The molecule has 0 aromatic heterocycles. The van der Waals surface area contributed by atoms with Crippen molar-refractivity contribution in [1.82, 2.24) is 0 Å². The molecule has 2 aromatic rings. The van der Waals surface area contributed by atoms with Gasteiger partial charge in [-0.3, -0.25) is 0 Å². The van der Waals surface area contributed by atoms with E-state index in [0.29, 0.717) is 5.75 Å². The van der Waals surface area contributed by atoms with Crippen molar-refractivity contribution in [2.75, 3.05) is 5.75 Å². The Kier molecular flexibility index (Phi) is 8.07. The molecule has 0 amide bonds. The van der Waals surface area contributed by atoms with Crippen molar-refractivity contribution < 1.29 is 13.5 Å². The standard InChI is InChI=1S/C25H36O3S/c1-24(2,3)29(27,28)20-12-7-5-6-9-13-21-16-18-23(19-17-21)25(4,26)22-14-10-8-11-15-22/h8,10-11,14-19,26H,5-7,9,12-13,20H2,1-4H3. The molecule has 0 aliphatic heterocycles. The van der Waals surface area contributed by atoms with Crippen LogP contribution in [0.3, 0.4) is 0 Å². The summed E-state index contributed by atoms with van der Waals surface area (Å²) in [7, 11) is -2.99. The van der Waals surface area contributed by atoms with E-state index in [2.05, 4.69) is 12.1 Å². The van der Waals surface area contributed by atoms with Gasteiger partial charge < -0.3 is 5.11 Å². The number of hydrogen-bond acceptors (Lipinski definition) is 3. The summed E-state index contributed by atoms with van der Waals surface area (Å²) in [6.45, 7) is 7.14. The van der Waals surface area contributed by atoms with Crippen molar-refractivity contribution >= 4 is 9.84 Å².